The minimum atomic E-state index is -0.328. The third-order valence-corrected chi connectivity index (χ3v) is 9.11. The van der Waals surface area contributed by atoms with Crippen LogP contribution in [0.2, 0.25) is 0 Å². The van der Waals surface area contributed by atoms with Crippen molar-refractivity contribution in [1.29, 1.82) is 0 Å². The quantitative estimate of drug-likeness (QED) is 0.452. The largest absolute Gasteiger partial charge is 0.274 e. The van der Waals surface area contributed by atoms with Crippen LogP contribution < -0.4 is 0 Å². The lowest BCUT2D eigenvalue weighted by atomic mass is 9.79. The van der Waals surface area contributed by atoms with Gasteiger partial charge in [-0.05, 0) is 66.6 Å². The van der Waals surface area contributed by atoms with Crippen LogP contribution in [-0.4, -0.2) is 39.9 Å². The van der Waals surface area contributed by atoms with E-state index in [1.807, 2.05) is 29.7 Å². The Labute approximate surface area is 206 Å². The smallest absolute Gasteiger partial charge is 0.263 e. The van der Waals surface area contributed by atoms with Crippen LogP contribution in [0.5, 0.6) is 0 Å². The Kier molecular flexibility index (Phi) is 5.57. The summed E-state index contributed by atoms with van der Waals surface area (Å²) >= 11 is 3.31. The molecule has 174 valence electrons. The zero-order valence-electron chi connectivity index (χ0n) is 18.6. The predicted molar refractivity (Wildman–Crippen MR) is 133 cm³/mol. The second-order valence-electron chi connectivity index (χ2n) is 9.29. The Morgan fingerprint density at radius 1 is 1.03 bits per heavy atom. The minimum absolute atomic E-state index is 0.124. The van der Waals surface area contributed by atoms with Crippen LogP contribution in [0.1, 0.15) is 47.9 Å². The topological polar surface area (TPSA) is 70.1 Å². The third-order valence-electron chi connectivity index (χ3n) is 7.34. The molecule has 1 saturated heterocycles. The number of likely N-dealkylation sites (tertiary alicyclic amines) is 1. The van der Waals surface area contributed by atoms with Gasteiger partial charge in [0.25, 0.3) is 5.91 Å². The Hall–Kier alpha value is -2.84. The molecule has 1 saturated carbocycles. The van der Waals surface area contributed by atoms with Crippen LogP contribution in [0.15, 0.2) is 57.9 Å². The van der Waals surface area contributed by atoms with Gasteiger partial charge in [-0.3, -0.25) is 19.3 Å². The van der Waals surface area contributed by atoms with Crippen LogP contribution in [0, 0.1) is 17.8 Å². The van der Waals surface area contributed by atoms with E-state index < -0.39 is 0 Å². The van der Waals surface area contributed by atoms with Crippen molar-refractivity contribution in [3.05, 3.63) is 62.5 Å². The number of nitrogens with zero attached hydrogens (tertiary/aromatic N) is 3. The number of thiophene rings is 2. The van der Waals surface area contributed by atoms with E-state index in [1.165, 1.54) is 15.4 Å². The highest BCUT2D eigenvalue weighted by molar-refractivity contribution is 7.11. The number of carbonyl (C=O) groups excluding carboxylic acids is 3. The van der Waals surface area contributed by atoms with E-state index in [2.05, 4.69) is 23.6 Å². The number of hydrazone groups is 1. The Morgan fingerprint density at radius 2 is 1.76 bits per heavy atom. The Morgan fingerprint density at radius 3 is 2.44 bits per heavy atom. The Bertz CT molecular complexity index is 1190. The summed E-state index contributed by atoms with van der Waals surface area (Å²) in [7, 11) is 0. The van der Waals surface area contributed by atoms with Gasteiger partial charge in [-0.2, -0.15) is 5.10 Å². The average molecular weight is 492 g/mol. The maximum absolute atomic E-state index is 13.6. The lowest BCUT2D eigenvalue weighted by Crippen LogP contribution is -2.42. The summed E-state index contributed by atoms with van der Waals surface area (Å²) in [5, 5.41) is 10.5. The maximum atomic E-state index is 13.6. The first-order valence-electron chi connectivity index (χ1n) is 11.8. The molecule has 3 amide bonds. The molecule has 4 unspecified atom stereocenters. The number of hydrogen-bond acceptors (Lipinski definition) is 6. The molecule has 4 heterocycles. The number of fused-ring (bicyclic) bond motifs is 2. The van der Waals surface area contributed by atoms with E-state index in [0.717, 1.165) is 29.9 Å². The SMILES string of the molecule is O=C1C2CC=CCC2C(=O)N1CC(=O)N1N=C2C(=Cc3cccs3)CCCC2C1c1cccs1. The molecule has 2 fully saturated rings. The maximum Gasteiger partial charge on any atom is 0.263 e. The van der Waals surface area contributed by atoms with Gasteiger partial charge >= 0.3 is 0 Å². The summed E-state index contributed by atoms with van der Waals surface area (Å²) in [6.07, 6.45) is 10.2. The van der Waals surface area contributed by atoms with E-state index in [4.69, 9.17) is 5.10 Å². The second kappa shape index (κ2) is 8.74. The summed E-state index contributed by atoms with van der Waals surface area (Å²) in [5.74, 6) is -1.26. The molecule has 2 aromatic rings. The van der Waals surface area contributed by atoms with Crippen molar-refractivity contribution < 1.29 is 14.4 Å². The molecule has 6 nitrogen and oxygen atoms in total. The molecule has 2 aliphatic heterocycles. The summed E-state index contributed by atoms with van der Waals surface area (Å²) in [6.45, 7) is -0.236. The van der Waals surface area contributed by atoms with Gasteiger partial charge in [0.1, 0.15) is 6.54 Å². The fourth-order valence-electron chi connectivity index (χ4n) is 5.72. The molecule has 0 spiro atoms. The fourth-order valence-corrected chi connectivity index (χ4v) is 7.28. The average Bonchev–Trinajstić information content (AvgIpc) is 3.64. The van der Waals surface area contributed by atoms with Crippen molar-refractivity contribution in [2.75, 3.05) is 6.54 Å². The van der Waals surface area contributed by atoms with Crippen molar-refractivity contribution >= 4 is 52.2 Å². The first kappa shape index (κ1) is 21.7. The molecule has 2 aliphatic carbocycles. The first-order valence-corrected chi connectivity index (χ1v) is 13.6. The fraction of sp³-hybridized carbons (Fsp3) is 0.385. The molecular weight excluding hydrogens is 466 g/mol. The third kappa shape index (κ3) is 3.60. The lowest BCUT2D eigenvalue weighted by Gasteiger charge is -2.29. The second-order valence-corrected chi connectivity index (χ2v) is 11.2. The zero-order chi connectivity index (χ0) is 23.2. The highest BCUT2D eigenvalue weighted by Gasteiger charge is 2.50. The standard InChI is InChI=1S/C26H25N3O3S2/c30-22(15-28-25(31)18-8-1-2-9-19(18)26(28)32)29-24(21-11-5-13-34-21)20-10-3-6-16(23(20)27-29)14-17-7-4-12-33-17/h1-2,4-5,7,11-14,18-20,24H,3,6,8-10,15H2. The van der Waals surface area contributed by atoms with Crippen LogP contribution in [0.25, 0.3) is 6.08 Å². The van der Waals surface area contributed by atoms with Crippen molar-refractivity contribution in [2.24, 2.45) is 22.9 Å². The number of allylic oxidation sites excluding steroid dienone is 3. The van der Waals surface area contributed by atoms with Gasteiger partial charge in [-0.15, -0.1) is 22.7 Å². The molecule has 0 N–H and O–H groups in total. The highest BCUT2D eigenvalue weighted by Crippen LogP contribution is 2.46. The van der Waals surface area contributed by atoms with Crippen LogP contribution in [-0.2, 0) is 14.4 Å². The zero-order valence-corrected chi connectivity index (χ0v) is 20.3. The van der Waals surface area contributed by atoms with E-state index in [0.29, 0.717) is 12.8 Å². The molecule has 0 bridgehead atoms. The summed E-state index contributed by atoms with van der Waals surface area (Å²) < 4.78 is 0. The van der Waals surface area contributed by atoms with Crippen molar-refractivity contribution in [1.82, 2.24) is 9.91 Å². The van der Waals surface area contributed by atoms with Crippen LogP contribution in [0.4, 0.5) is 0 Å². The van der Waals surface area contributed by atoms with E-state index in [9.17, 15) is 14.4 Å². The Balaban J connectivity index is 1.31. The minimum Gasteiger partial charge on any atom is -0.274 e. The summed E-state index contributed by atoms with van der Waals surface area (Å²) in [4.78, 5) is 43.0. The number of hydrogen-bond donors (Lipinski definition) is 0. The van der Waals surface area contributed by atoms with Gasteiger partial charge in [0, 0.05) is 15.7 Å². The van der Waals surface area contributed by atoms with Gasteiger partial charge in [0.05, 0.1) is 23.6 Å². The van der Waals surface area contributed by atoms with Gasteiger partial charge in [-0.1, -0.05) is 24.3 Å². The van der Waals surface area contributed by atoms with Gasteiger partial charge in [0.2, 0.25) is 11.8 Å². The number of imide groups is 1. The van der Waals surface area contributed by atoms with Gasteiger partial charge in [-0.25, -0.2) is 5.01 Å². The highest BCUT2D eigenvalue weighted by atomic mass is 32.1. The monoisotopic (exact) mass is 491 g/mol. The summed E-state index contributed by atoms with van der Waals surface area (Å²) in [5.41, 5.74) is 2.16. The van der Waals surface area contributed by atoms with E-state index in [1.54, 1.807) is 27.7 Å². The molecule has 2 aromatic heterocycles. The van der Waals surface area contributed by atoms with Gasteiger partial charge < -0.3 is 0 Å². The molecular formula is C26H25N3O3S2. The predicted octanol–water partition coefficient (Wildman–Crippen LogP) is 4.88. The number of rotatable bonds is 4. The molecule has 34 heavy (non-hydrogen) atoms. The first-order chi connectivity index (χ1) is 16.6. The molecule has 0 aromatic carbocycles. The van der Waals surface area contributed by atoms with Crippen molar-refractivity contribution in [3.8, 4) is 0 Å². The molecule has 4 atom stereocenters. The normalized spacial score (nSPS) is 29.5. The van der Waals surface area contributed by atoms with Crippen molar-refractivity contribution in [2.45, 2.75) is 38.1 Å². The molecule has 6 rings (SSSR count). The molecule has 0 radical (unpaired) electrons. The van der Waals surface area contributed by atoms with E-state index in [-0.39, 0.29) is 48.1 Å². The van der Waals surface area contributed by atoms with Crippen LogP contribution >= 0.6 is 22.7 Å². The molecule has 8 heteroatoms. The van der Waals surface area contributed by atoms with E-state index >= 15 is 0 Å². The number of amides is 3. The lowest BCUT2D eigenvalue weighted by molar-refractivity contribution is -0.147. The van der Waals surface area contributed by atoms with Gasteiger partial charge in [0.15, 0.2) is 0 Å². The summed E-state index contributed by atoms with van der Waals surface area (Å²) in [6, 6.07) is 7.99. The number of carbonyl (C=O) groups is 3. The molecule has 4 aliphatic rings. The van der Waals surface area contributed by atoms with Crippen molar-refractivity contribution in [3.63, 3.8) is 0 Å². The van der Waals surface area contributed by atoms with Crippen LogP contribution in [0.3, 0.4) is 0 Å².